The fourth-order valence-electron chi connectivity index (χ4n) is 1.68. The van der Waals surface area contributed by atoms with E-state index in [-0.39, 0.29) is 5.43 Å². The van der Waals surface area contributed by atoms with Crippen molar-refractivity contribution < 1.29 is 0 Å². The third-order valence-electron chi connectivity index (χ3n) is 2.64. The first-order valence-electron chi connectivity index (χ1n) is 6.40. The van der Waals surface area contributed by atoms with Gasteiger partial charge in [-0.1, -0.05) is 25.2 Å². The predicted molar refractivity (Wildman–Crippen MR) is 77.4 cm³/mol. The van der Waals surface area contributed by atoms with Crippen molar-refractivity contribution in [3.8, 4) is 10.6 Å². The summed E-state index contributed by atoms with van der Waals surface area (Å²) in [6, 6.07) is 2.01. The molecule has 19 heavy (non-hydrogen) atoms. The van der Waals surface area contributed by atoms with E-state index in [9.17, 15) is 4.79 Å². The number of aromatic amines is 1. The molecule has 0 fully saturated rings. The van der Waals surface area contributed by atoms with Crippen LogP contribution in [-0.2, 0) is 6.42 Å². The molecule has 2 N–H and O–H groups in total. The summed E-state index contributed by atoms with van der Waals surface area (Å²) < 4.78 is 0. The zero-order valence-electron chi connectivity index (χ0n) is 11.1. The van der Waals surface area contributed by atoms with Gasteiger partial charge in [0.05, 0.1) is 5.56 Å². The number of H-pyrrole nitrogens is 1. The standard InChI is InChI=1S/C13H18N4OS/c1-9(2)15-6-3-4-12-16-17-13(19-12)10-8-14-7-5-11(10)18/h5,7-9,15H,3-4,6H2,1-2H3,(H,14,18). The van der Waals surface area contributed by atoms with E-state index < -0.39 is 0 Å². The summed E-state index contributed by atoms with van der Waals surface area (Å²) in [7, 11) is 0. The van der Waals surface area contributed by atoms with Crippen LogP contribution in [0.5, 0.6) is 0 Å². The third kappa shape index (κ3) is 3.97. The molecule has 2 aromatic heterocycles. The summed E-state index contributed by atoms with van der Waals surface area (Å²) in [5.74, 6) is 0. The second kappa shape index (κ2) is 6.58. The van der Waals surface area contributed by atoms with Crippen molar-refractivity contribution in [1.29, 1.82) is 0 Å². The van der Waals surface area contributed by atoms with Crippen LogP contribution in [0.15, 0.2) is 23.3 Å². The first-order valence-corrected chi connectivity index (χ1v) is 7.21. The molecule has 2 rings (SSSR count). The molecule has 0 radical (unpaired) electrons. The van der Waals surface area contributed by atoms with Crippen molar-refractivity contribution in [2.75, 3.05) is 6.54 Å². The van der Waals surface area contributed by atoms with E-state index in [4.69, 9.17) is 0 Å². The quantitative estimate of drug-likeness (QED) is 0.791. The molecule has 0 bridgehead atoms. The summed E-state index contributed by atoms with van der Waals surface area (Å²) in [5.41, 5.74) is 0.564. The highest BCUT2D eigenvalue weighted by Gasteiger charge is 2.09. The second-order valence-electron chi connectivity index (χ2n) is 4.64. The Morgan fingerprint density at radius 3 is 3.00 bits per heavy atom. The Bertz CT molecular complexity index is 576. The molecule has 0 spiro atoms. The van der Waals surface area contributed by atoms with Gasteiger partial charge in [-0.2, -0.15) is 0 Å². The molecule has 0 saturated heterocycles. The van der Waals surface area contributed by atoms with Gasteiger partial charge < -0.3 is 10.3 Å². The molecule has 0 amide bonds. The Hall–Kier alpha value is -1.53. The van der Waals surface area contributed by atoms with Crippen molar-refractivity contribution in [1.82, 2.24) is 20.5 Å². The van der Waals surface area contributed by atoms with Crippen molar-refractivity contribution in [3.63, 3.8) is 0 Å². The Morgan fingerprint density at radius 1 is 1.42 bits per heavy atom. The fourth-order valence-corrected chi connectivity index (χ4v) is 2.58. The average molecular weight is 278 g/mol. The number of aryl methyl sites for hydroxylation is 1. The van der Waals surface area contributed by atoms with Crippen molar-refractivity contribution in [2.45, 2.75) is 32.7 Å². The first-order chi connectivity index (χ1) is 9.16. The minimum Gasteiger partial charge on any atom is -0.367 e. The molecule has 102 valence electrons. The number of hydrogen-bond donors (Lipinski definition) is 2. The van der Waals surface area contributed by atoms with Crippen molar-refractivity contribution in [3.05, 3.63) is 33.7 Å². The van der Waals surface area contributed by atoms with Crippen molar-refractivity contribution in [2.24, 2.45) is 0 Å². The zero-order valence-corrected chi connectivity index (χ0v) is 12.0. The number of rotatable bonds is 6. The van der Waals surface area contributed by atoms with Gasteiger partial charge in [-0.25, -0.2) is 0 Å². The van der Waals surface area contributed by atoms with Gasteiger partial charge in [0, 0.05) is 30.9 Å². The summed E-state index contributed by atoms with van der Waals surface area (Å²) in [6.07, 6.45) is 5.21. The molecular formula is C13H18N4OS. The van der Waals surface area contributed by atoms with Crippen LogP contribution in [0.4, 0.5) is 0 Å². The van der Waals surface area contributed by atoms with Gasteiger partial charge in [0.2, 0.25) is 0 Å². The van der Waals surface area contributed by atoms with Crippen LogP contribution < -0.4 is 10.7 Å². The highest BCUT2D eigenvalue weighted by Crippen LogP contribution is 2.20. The first kappa shape index (κ1) is 13.9. The number of nitrogens with zero attached hydrogens (tertiary/aromatic N) is 2. The molecule has 0 aromatic carbocycles. The minimum atomic E-state index is -0.0251. The van der Waals surface area contributed by atoms with Gasteiger partial charge in [0.15, 0.2) is 10.4 Å². The molecule has 6 heteroatoms. The van der Waals surface area contributed by atoms with E-state index in [0.717, 1.165) is 24.4 Å². The molecule has 2 aromatic rings. The van der Waals surface area contributed by atoms with Crippen LogP contribution in [0.2, 0.25) is 0 Å². The number of pyridine rings is 1. The monoisotopic (exact) mass is 278 g/mol. The Kier molecular flexibility index (Phi) is 4.81. The maximum atomic E-state index is 11.7. The van der Waals surface area contributed by atoms with E-state index in [2.05, 4.69) is 34.3 Å². The van der Waals surface area contributed by atoms with Gasteiger partial charge in [0.25, 0.3) is 0 Å². The molecule has 0 saturated carbocycles. The number of nitrogens with one attached hydrogen (secondary N) is 2. The van der Waals surface area contributed by atoms with Crippen LogP contribution in [-0.4, -0.2) is 27.8 Å². The normalized spacial score (nSPS) is 11.1. The Balaban J connectivity index is 1.96. The highest BCUT2D eigenvalue weighted by molar-refractivity contribution is 7.14. The van der Waals surface area contributed by atoms with Gasteiger partial charge in [-0.05, 0) is 13.0 Å². The third-order valence-corrected chi connectivity index (χ3v) is 3.66. The molecule has 0 unspecified atom stereocenters. The van der Waals surface area contributed by atoms with E-state index in [1.165, 1.54) is 17.4 Å². The van der Waals surface area contributed by atoms with Gasteiger partial charge in [-0.3, -0.25) is 4.79 Å². The topological polar surface area (TPSA) is 70.7 Å². The van der Waals surface area contributed by atoms with E-state index >= 15 is 0 Å². The van der Waals surface area contributed by atoms with Gasteiger partial charge >= 0.3 is 0 Å². The van der Waals surface area contributed by atoms with E-state index in [1.54, 1.807) is 12.4 Å². The molecular weight excluding hydrogens is 260 g/mol. The predicted octanol–water partition coefficient (Wildman–Crippen LogP) is 1.82. The average Bonchev–Trinajstić information content (AvgIpc) is 2.83. The lowest BCUT2D eigenvalue weighted by Crippen LogP contribution is -2.23. The maximum Gasteiger partial charge on any atom is 0.191 e. The van der Waals surface area contributed by atoms with Crippen LogP contribution in [0, 0.1) is 0 Å². The van der Waals surface area contributed by atoms with Crippen LogP contribution in [0.3, 0.4) is 0 Å². The molecule has 5 nitrogen and oxygen atoms in total. The van der Waals surface area contributed by atoms with Crippen LogP contribution in [0.25, 0.3) is 10.6 Å². The largest absolute Gasteiger partial charge is 0.367 e. The Morgan fingerprint density at radius 2 is 2.26 bits per heavy atom. The van der Waals surface area contributed by atoms with E-state index in [1.807, 2.05) is 0 Å². The summed E-state index contributed by atoms with van der Waals surface area (Å²) >= 11 is 1.49. The smallest absolute Gasteiger partial charge is 0.191 e. The molecule has 0 aliphatic heterocycles. The molecule has 0 aliphatic carbocycles. The Labute approximate surface area is 116 Å². The highest BCUT2D eigenvalue weighted by atomic mass is 32.1. The van der Waals surface area contributed by atoms with E-state index in [0.29, 0.717) is 16.6 Å². The number of hydrogen-bond acceptors (Lipinski definition) is 5. The maximum absolute atomic E-state index is 11.7. The SMILES string of the molecule is CC(C)NCCCc1nnc(-c2c[nH]ccc2=O)s1. The lowest BCUT2D eigenvalue weighted by atomic mass is 10.3. The molecule has 2 heterocycles. The summed E-state index contributed by atoms with van der Waals surface area (Å²) in [6.45, 7) is 5.23. The van der Waals surface area contributed by atoms with Crippen LogP contribution >= 0.6 is 11.3 Å². The molecule has 0 atom stereocenters. The number of aromatic nitrogens is 3. The molecule has 0 aliphatic rings. The van der Waals surface area contributed by atoms with Gasteiger partial charge in [0.1, 0.15) is 5.01 Å². The zero-order chi connectivity index (χ0) is 13.7. The van der Waals surface area contributed by atoms with Crippen LogP contribution in [0.1, 0.15) is 25.3 Å². The minimum absolute atomic E-state index is 0.0251. The second-order valence-corrected chi connectivity index (χ2v) is 5.70. The van der Waals surface area contributed by atoms with Gasteiger partial charge in [-0.15, -0.1) is 10.2 Å². The lowest BCUT2D eigenvalue weighted by molar-refractivity contribution is 0.569. The fraction of sp³-hybridized carbons (Fsp3) is 0.462. The summed E-state index contributed by atoms with van der Waals surface area (Å²) in [5, 5.41) is 13.3. The lowest BCUT2D eigenvalue weighted by Gasteiger charge is -2.05. The summed E-state index contributed by atoms with van der Waals surface area (Å²) in [4.78, 5) is 14.6. The van der Waals surface area contributed by atoms with Crippen molar-refractivity contribution >= 4 is 11.3 Å².